The average Bonchev–Trinajstić information content (AvgIpc) is 2.97. The van der Waals surface area contributed by atoms with Crippen molar-refractivity contribution in [3.63, 3.8) is 0 Å². The molecule has 0 spiro atoms. The number of benzene rings is 2. The lowest BCUT2D eigenvalue weighted by Crippen LogP contribution is -2.26. The number of fused-ring (bicyclic) bond motifs is 1. The van der Waals surface area contributed by atoms with E-state index in [2.05, 4.69) is 15.3 Å². The van der Waals surface area contributed by atoms with Crippen molar-refractivity contribution in [3.8, 4) is 17.1 Å². The minimum Gasteiger partial charge on any atom is -0.508 e. The zero-order chi connectivity index (χ0) is 17.4. The van der Waals surface area contributed by atoms with Gasteiger partial charge in [-0.3, -0.25) is 4.79 Å². The van der Waals surface area contributed by atoms with Crippen LogP contribution >= 0.6 is 11.6 Å². The minimum atomic E-state index is -0.173. The van der Waals surface area contributed by atoms with Crippen LogP contribution in [0.1, 0.15) is 27.7 Å². The number of imidazole rings is 1. The van der Waals surface area contributed by atoms with Crippen molar-refractivity contribution in [1.29, 1.82) is 0 Å². The van der Waals surface area contributed by atoms with Crippen LogP contribution in [0, 0.1) is 0 Å². The first-order chi connectivity index (χ1) is 12.1. The lowest BCUT2D eigenvalue weighted by molar-refractivity contribution is 0.0950. The maximum atomic E-state index is 12.4. The fourth-order valence-corrected chi connectivity index (χ4v) is 3.22. The molecule has 2 aromatic carbocycles. The molecule has 1 aliphatic rings. The lowest BCUT2D eigenvalue weighted by atomic mass is 9.94. The van der Waals surface area contributed by atoms with Gasteiger partial charge in [0.15, 0.2) is 0 Å². The van der Waals surface area contributed by atoms with Crippen molar-refractivity contribution >= 4 is 17.5 Å². The number of aromatic hydroxyl groups is 1. The van der Waals surface area contributed by atoms with Crippen molar-refractivity contribution in [2.24, 2.45) is 0 Å². The molecule has 2 heterocycles. The highest BCUT2D eigenvalue weighted by Gasteiger charge is 2.26. The Balaban J connectivity index is 1.68. The summed E-state index contributed by atoms with van der Waals surface area (Å²) in [6, 6.07) is 14.4. The molecule has 126 valence electrons. The summed E-state index contributed by atoms with van der Waals surface area (Å²) in [7, 11) is 0. The second kappa shape index (κ2) is 6.26. The molecule has 0 fully saturated rings. The molecule has 3 aromatic rings. The number of rotatable bonds is 2. The fraction of sp³-hybridized carbons (Fsp3) is 0.158. The molecule has 0 unspecified atom stereocenters. The number of nitrogens with zero attached hydrogens (tertiary/aromatic N) is 1. The fourth-order valence-electron chi connectivity index (χ4n) is 3.09. The zero-order valence-corrected chi connectivity index (χ0v) is 14.0. The highest BCUT2D eigenvalue weighted by molar-refractivity contribution is 6.30. The molecule has 0 radical (unpaired) electrons. The van der Waals surface area contributed by atoms with Crippen LogP contribution in [0.4, 0.5) is 0 Å². The van der Waals surface area contributed by atoms with Gasteiger partial charge >= 0.3 is 0 Å². The van der Waals surface area contributed by atoms with E-state index in [0.29, 0.717) is 29.5 Å². The molecule has 0 saturated carbocycles. The standard InChI is InChI=1S/C19H16ClN3O2/c20-14-5-1-11(2-6-14)13-9-16-17(19(25)21-10-13)23-18(22-16)12-3-7-15(24)8-4-12/h1-8,13,24H,9-10H2,(H,21,25)(H,22,23)/t13-/m0/s1. The average molecular weight is 354 g/mol. The first-order valence-corrected chi connectivity index (χ1v) is 8.40. The Labute approximate surface area is 149 Å². The van der Waals surface area contributed by atoms with Crippen molar-refractivity contribution in [2.75, 3.05) is 6.54 Å². The summed E-state index contributed by atoms with van der Waals surface area (Å²) >= 11 is 5.97. The second-order valence-corrected chi connectivity index (χ2v) is 6.56. The number of nitrogens with one attached hydrogen (secondary N) is 2. The Hall–Kier alpha value is -2.79. The minimum absolute atomic E-state index is 0.149. The molecule has 1 aromatic heterocycles. The molecule has 4 rings (SSSR count). The highest BCUT2D eigenvalue weighted by Crippen LogP contribution is 2.28. The van der Waals surface area contributed by atoms with E-state index in [0.717, 1.165) is 16.8 Å². The van der Waals surface area contributed by atoms with E-state index in [-0.39, 0.29) is 17.6 Å². The van der Waals surface area contributed by atoms with E-state index in [4.69, 9.17) is 11.6 Å². The predicted octanol–water partition coefficient (Wildman–Crippen LogP) is 3.51. The van der Waals surface area contributed by atoms with Gasteiger partial charge in [-0.25, -0.2) is 4.98 Å². The summed E-state index contributed by atoms with van der Waals surface area (Å²) in [4.78, 5) is 20.1. The van der Waals surface area contributed by atoms with Gasteiger partial charge in [0.2, 0.25) is 0 Å². The van der Waals surface area contributed by atoms with E-state index in [9.17, 15) is 9.90 Å². The molecular weight excluding hydrogens is 338 g/mol. The highest BCUT2D eigenvalue weighted by atomic mass is 35.5. The van der Waals surface area contributed by atoms with Crippen LogP contribution in [0.5, 0.6) is 5.75 Å². The van der Waals surface area contributed by atoms with Gasteiger partial charge in [-0.2, -0.15) is 0 Å². The second-order valence-electron chi connectivity index (χ2n) is 6.12. The number of aromatic amines is 1. The summed E-state index contributed by atoms with van der Waals surface area (Å²) in [5.74, 6) is 0.789. The molecular formula is C19H16ClN3O2. The molecule has 1 amide bonds. The van der Waals surface area contributed by atoms with E-state index >= 15 is 0 Å². The van der Waals surface area contributed by atoms with Crippen LogP contribution in [0.3, 0.4) is 0 Å². The lowest BCUT2D eigenvalue weighted by Gasteiger charge is -2.14. The molecule has 1 aliphatic heterocycles. The van der Waals surface area contributed by atoms with Crippen molar-refractivity contribution < 1.29 is 9.90 Å². The number of phenols is 1. The molecule has 25 heavy (non-hydrogen) atoms. The Morgan fingerprint density at radius 2 is 1.80 bits per heavy atom. The van der Waals surface area contributed by atoms with Crippen LogP contribution in [0.2, 0.25) is 5.02 Å². The zero-order valence-electron chi connectivity index (χ0n) is 13.3. The summed E-state index contributed by atoms with van der Waals surface area (Å²) in [6.07, 6.45) is 0.681. The third-order valence-corrected chi connectivity index (χ3v) is 4.69. The molecule has 3 N–H and O–H groups in total. The van der Waals surface area contributed by atoms with Gasteiger partial charge in [0.1, 0.15) is 17.3 Å². The number of amides is 1. The monoisotopic (exact) mass is 353 g/mol. The van der Waals surface area contributed by atoms with Gasteiger partial charge in [0, 0.05) is 28.7 Å². The molecule has 0 saturated heterocycles. The van der Waals surface area contributed by atoms with Gasteiger partial charge in [-0.05, 0) is 48.4 Å². The number of phenolic OH excluding ortho intramolecular Hbond substituents is 1. The summed E-state index contributed by atoms with van der Waals surface area (Å²) in [5, 5.41) is 13.1. The van der Waals surface area contributed by atoms with Crippen LogP contribution in [-0.2, 0) is 6.42 Å². The Morgan fingerprint density at radius 1 is 1.08 bits per heavy atom. The first-order valence-electron chi connectivity index (χ1n) is 8.02. The quantitative estimate of drug-likeness (QED) is 0.659. The Kier molecular flexibility index (Phi) is 3.93. The largest absolute Gasteiger partial charge is 0.508 e. The van der Waals surface area contributed by atoms with Gasteiger partial charge in [0.25, 0.3) is 5.91 Å². The number of carbonyl (C=O) groups is 1. The summed E-state index contributed by atoms with van der Waals surface area (Å²) in [6.45, 7) is 0.555. The number of H-pyrrole nitrogens is 1. The van der Waals surface area contributed by atoms with E-state index < -0.39 is 0 Å². The number of aromatic nitrogens is 2. The predicted molar refractivity (Wildman–Crippen MR) is 95.9 cm³/mol. The number of carbonyl (C=O) groups excluding carboxylic acids is 1. The van der Waals surface area contributed by atoms with Gasteiger partial charge < -0.3 is 15.4 Å². The SMILES string of the molecule is O=C1NC[C@@H](c2ccc(Cl)cc2)Cc2[nH]c(-c3ccc(O)cc3)nc21. The first kappa shape index (κ1) is 15.7. The molecule has 6 heteroatoms. The number of hydrogen-bond acceptors (Lipinski definition) is 3. The van der Waals surface area contributed by atoms with Crippen LogP contribution < -0.4 is 5.32 Å². The van der Waals surface area contributed by atoms with Gasteiger partial charge in [-0.15, -0.1) is 0 Å². The maximum absolute atomic E-state index is 12.4. The molecule has 1 atom stereocenters. The number of hydrogen-bond donors (Lipinski definition) is 3. The Bertz CT molecular complexity index is 917. The van der Waals surface area contributed by atoms with Crippen molar-refractivity contribution in [2.45, 2.75) is 12.3 Å². The third kappa shape index (κ3) is 3.10. The van der Waals surface area contributed by atoms with E-state index in [1.807, 2.05) is 24.3 Å². The smallest absolute Gasteiger partial charge is 0.271 e. The molecule has 0 bridgehead atoms. The van der Waals surface area contributed by atoms with Crippen molar-refractivity contribution in [3.05, 3.63) is 70.5 Å². The van der Waals surface area contributed by atoms with Crippen molar-refractivity contribution in [1.82, 2.24) is 15.3 Å². The molecule has 0 aliphatic carbocycles. The molecule has 5 nitrogen and oxygen atoms in total. The van der Waals surface area contributed by atoms with Gasteiger partial charge in [0.05, 0.1) is 0 Å². The summed E-state index contributed by atoms with van der Waals surface area (Å²) in [5.41, 5.74) is 3.19. The van der Waals surface area contributed by atoms with E-state index in [1.54, 1.807) is 24.3 Å². The third-order valence-electron chi connectivity index (χ3n) is 4.44. The van der Waals surface area contributed by atoms with Crippen LogP contribution in [0.25, 0.3) is 11.4 Å². The van der Waals surface area contributed by atoms with E-state index in [1.165, 1.54) is 0 Å². The number of halogens is 1. The summed E-state index contributed by atoms with van der Waals surface area (Å²) < 4.78 is 0. The maximum Gasteiger partial charge on any atom is 0.271 e. The normalized spacial score (nSPS) is 16.8. The van der Waals surface area contributed by atoms with Crippen LogP contribution in [0.15, 0.2) is 48.5 Å². The van der Waals surface area contributed by atoms with Crippen LogP contribution in [-0.4, -0.2) is 27.5 Å². The Morgan fingerprint density at radius 3 is 2.52 bits per heavy atom. The van der Waals surface area contributed by atoms with Gasteiger partial charge in [-0.1, -0.05) is 23.7 Å². The topological polar surface area (TPSA) is 78.0 Å².